The maximum Gasteiger partial charge on any atom is 0.221 e. The van der Waals surface area contributed by atoms with Gasteiger partial charge in [0.05, 0.1) is 12.6 Å². The fraction of sp³-hybridized carbons (Fsp3) is 0.917. The van der Waals surface area contributed by atoms with Crippen molar-refractivity contribution in [3.8, 4) is 0 Å². The van der Waals surface area contributed by atoms with E-state index in [1.54, 1.807) is 0 Å². The van der Waals surface area contributed by atoms with Gasteiger partial charge < -0.3 is 16.2 Å². The van der Waals surface area contributed by atoms with Crippen LogP contribution in [-0.4, -0.2) is 29.7 Å². The molecule has 0 saturated heterocycles. The van der Waals surface area contributed by atoms with E-state index in [0.29, 0.717) is 6.42 Å². The van der Waals surface area contributed by atoms with E-state index in [2.05, 4.69) is 26.1 Å². The Bertz CT molecular complexity index is 208. The lowest BCUT2D eigenvalue weighted by molar-refractivity contribution is -0.122. The molecule has 0 aliphatic rings. The summed E-state index contributed by atoms with van der Waals surface area (Å²) in [7, 11) is 0. The molecule has 0 bridgehead atoms. The molecule has 0 rings (SSSR count). The minimum atomic E-state index is -0.144. The first-order chi connectivity index (χ1) is 7.28. The molecule has 96 valence electrons. The van der Waals surface area contributed by atoms with E-state index in [4.69, 9.17) is 10.8 Å². The van der Waals surface area contributed by atoms with Crippen LogP contribution in [0.1, 0.15) is 47.0 Å². The number of nitrogens with two attached hydrogens (primary N) is 1. The Balaban J connectivity index is 3.95. The predicted octanol–water partition coefficient (Wildman–Crippen LogP) is 1.03. The molecule has 4 heteroatoms. The van der Waals surface area contributed by atoms with Crippen LogP contribution in [0.2, 0.25) is 0 Å². The van der Waals surface area contributed by atoms with Gasteiger partial charge in [-0.15, -0.1) is 0 Å². The summed E-state index contributed by atoms with van der Waals surface area (Å²) in [6, 6.07) is -0.259. The summed E-state index contributed by atoms with van der Waals surface area (Å²) in [6.45, 7) is 8.22. The quantitative estimate of drug-likeness (QED) is 0.638. The zero-order valence-electron chi connectivity index (χ0n) is 10.9. The fourth-order valence-electron chi connectivity index (χ4n) is 1.66. The smallest absolute Gasteiger partial charge is 0.221 e. The van der Waals surface area contributed by atoms with Gasteiger partial charge in [-0.05, 0) is 18.3 Å². The van der Waals surface area contributed by atoms with Gasteiger partial charge in [0.1, 0.15) is 0 Å². The van der Waals surface area contributed by atoms with E-state index in [1.807, 2.05) is 6.92 Å². The van der Waals surface area contributed by atoms with Crippen molar-refractivity contribution in [3.05, 3.63) is 0 Å². The number of hydrogen-bond acceptors (Lipinski definition) is 3. The molecule has 4 nitrogen and oxygen atoms in total. The summed E-state index contributed by atoms with van der Waals surface area (Å²) < 4.78 is 0. The van der Waals surface area contributed by atoms with Crippen molar-refractivity contribution in [3.63, 3.8) is 0 Å². The highest BCUT2D eigenvalue weighted by Gasteiger charge is 2.19. The first kappa shape index (κ1) is 15.4. The van der Waals surface area contributed by atoms with Gasteiger partial charge in [0.25, 0.3) is 0 Å². The molecule has 0 aromatic rings. The zero-order chi connectivity index (χ0) is 12.8. The molecule has 2 unspecified atom stereocenters. The average Bonchev–Trinajstić information content (AvgIpc) is 2.10. The van der Waals surface area contributed by atoms with Gasteiger partial charge >= 0.3 is 0 Å². The lowest BCUT2D eigenvalue weighted by Crippen LogP contribution is -2.40. The second-order valence-corrected chi connectivity index (χ2v) is 5.58. The molecule has 0 aromatic carbocycles. The van der Waals surface area contributed by atoms with Gasteiger partial charge in [-0.25, -0.2) is 0 Å². The van der Waals surface area contributed by atoms with E-state index in [1.165, 1.54) is 0 Å². The first-order valence-corrected chi connectivity index (χ1v) is 5.94. The lowest BCUT2D eigenvalue weighted by atomic mass is 9.87. The number of carbonyl (C=O) groups excluding carboxylic acids is 1. The summed E-state index contributed by atoms with van der Waals surface area (Å²) in [5.74, 6) is -0.0716. The minimum Gasteiger partial charge on any atom is -0.394 e. The Morgan fingerprint density at radius 2 is 2.00 bits per heavy atom. The van der Waals surface area contributed by atoms with Crippen molar-refractivity contribution in [2.75, 3.05) is 6.61 Å². The highest BCUT2D eigenvalue weighted by Crippen LogP contribution is 2.20. The highest BCUT2D eigenvalue weighted by atomic mass is 16.3. The van der Waals surface area contributed by atoms with Gasteiger partial charge in [-0.1, -0.05) is 27.7 Å². The fourth-order valence-corrected chi connectivity index (χ4v) is 1.66. The Morgan fingerprint density at radius 3 is 2.38 bits per heavy atom. The third-order valence-electron chi connectivity index (χ3n) is 2.40. The van der Waals surface area contributed by atoms with Crippen molar-refractivity contribution in [2.45, 2.75) is 59.0 Å². The molecule has 0 aromatic heterocycles. The van der Waals surface area contributed by atoms with Crippen LogP contribution < -0.4 is 11.1 Å². The standard InChI is InChI=1S/C12H26N2O2/c1-5-10(8-15)14-11(16)6-9(13)7-12(2,3)4/h9-10,15H,5-8,13H2,1-4H3,(H,14,16). The minimum absolute atomic E-state index is 0.0171. The average molecular weight is 230 g/mol. The van der Waals surface area contributed by atoms with Crippen molar-refractivity contribution in [1.29, 1.82) is 0 Å². The summed E-state index contributed by atoms with van der Waals surface area (Å²) in [5, 5.41) is 11.7. The Labute approximate surface area is 98.6 Å². The van der Waals surface area contributed by atoms with Gasteiger partial charge in [-0.2, -0.15) is 0 Å². The predicted molar refractivity (Wildman–Crippen MR) is 66.0 cm³/mol. The SMILES string of the molecule is CCC(CO)NC(=O)CC(N)CC(C)(C)C. The summed E-state index contributed by atoms with van der Waals surface area (Å²) >= 11 is 0. The van der Waals surface area contributed by atoms with E-state index in [9.17, 15) is 4.79 Å². The lowest BCUT2D eigenvalue weighted by Gasteiger charge is -2.23. The van der Waals surface area contributed by atoms with Crippen LogP contribution in [0.5, 0.6) is 0 Å². The van der Waals surface area contributed by atoms with E-state index < -0.39 is 0 Å². The van der Waals surface area contributed by atoms with Gasteiger partial charge in [0, 0.05) is 12.5 Å². The molecule has 4 N–H and O–H groups in total. The van der Waals surface area contributed by atoms with Crippen LogP contribution in [-0.2, 0) is 4.79 Å². The molecule has 0 spiro atoms. The highest BCUT2D eigenvalue weighted by molar-refractivity contribution is 5.76. The second kappa shape index (κ2) is 6.86. The largest absolute Gasteiger partial charge is 0.394 e. The van der Waals surface area contributed by atoms with Crippen LogP contribution in [0.4, 0.5) is 0 Å². The monoisotopic (exact) mass is 230 g/mol. The van der Waals surface area contributed by atoms with E-state index in [-0.39, 0.29) is 30.0 Å². The first-order valence-electron chi connectivity index (χ1n) is 5.94. The number of aliphatic hydroxyl groups excluding tert-OH is 1. The molecule has 0 saturated carbocycles. The van der Waals surface area contributed by atoms with Crippen LogP contribution in [0, 0.1) is 5.41 Å². The van der Waals surface area contributed by atoms with Crippen LogP contribution in [0.3, 0.4) is 0 Å². The van der Waals surface area contributed by atoms with Crippen LogP contribution in [0.25, 0.3) is 0 Å². The Hall–Kier alpha value is -0.610. The number of nitrogens with one attached hydrogen (secondary N) is 1. The normalized spacial score (nSPS) is 15.6. The number of amides is 1. The zero-order valence-corrected chi connectivity index (χ0v) is 10.9. The number of aliphatic hydroxyl groups is 1. The topological polar surface area (TPSA) is 75.3 Å². The molecule has 1 amide bonds. The maximum atomic E-state index is 11.6. The Kier molecular flexibility index (Phi) is 6.60. The summed E-state index contributed by atoms with van der Waals surface area (Å²) in [5.41, 5.74) is 6.04. The molecule has 0 fully saturated rings. The maximum absolute atomic E-state index is 11.6. The van der Waals surface area contributed by atoms with Gasteiger partial charge in [0.15, 0.2) is 0 Å². The molecule has 0 aliphatic carbocycles. The third-order valence-corrected chi connectivity index (χ3v) is 2.40. The number of carbonyl (C=O) groups is 1. The van der Waals surface area contributed by atoms with Crippen LogP contribution >= 0.6 is 0 Å². The van der Waals surface area contributed by atoms with E-state index in [0.717, 1.165) is 12.8 Å². The summed E-state index contributed by atoms with van der Waals surface area (Å²) in [6.07, 6.45) is 1.88. The van der Waals surface area contributed by atoms with Gasteiger partial charge in [0.2, 0.25) is 5.91 Å². The Morgan fingerprint density at radius 1 is 1.44 bits per heavy atom. The van der Waals surface area contributed by atoms with Crippen molar-refractivity contribution in [2.24, 2.45) is 11.1 Å². The molecule has 2 atom stereocenters. The van der Waals surface area contributed by atoms with Crippen molar-refractivity contribution < 1.29 is 9.90 Å². The second-order valence-electron chi connectivity index (χ2n) is 5.58. The molecule has 0 heterocycles. The number of hydrogen-bond donors (Lipinski definition) is 3. The summed E-state index contributed by atoms with van der Waals surface area (Å²) in [4.78, 5) is 11.6. The molecular formula is C12H26N2O2. The molecule has 0 radical (unpaired) electrons. The van der Waals surface area contributed by atoms with E-state index >= 15 is 0 Å². The molecule has 0 aliphatic heterocycles. The molecular weight excluding hydrogens is 204 g/mol. The number of rotatable bonds is 6. The van der Waals surface area contributed by atoms with Crippen molar-refractivity contribution >= 4 is 5.91 Å². The van der Waals surface area contributed by atoms with Crippen LogP contribution in [0.15, 0.2) is 0 Å². The van der Waals surface area contributed by atoms with Gasteiger partial charge in [-0.3, -0.25) is 4.79 Å². The third kappa shape index (κ3) is 7.65. The molecule has 16 heavy (non-hydrogen) atoms. The van der Waals surface area contributed by atoms with Crippen molar-refractivity contribution in [1.82, 2.24) is 5.32 Å².